The number of hydrogen-bond acceptors (Lipinski definition) is 4. The van der Waals surface area contributed by atoms with Gasteiger partial charge < -0.3 is 15.1 Å². The van der Waals surface area contributed by atoms with Crippen LogP contribution < -0.4 is 5.32 Å². The van der Waals surface area contributed by atoms with Crippen LogP contribution in [0.5, 0.6) is 0 Å². The molecule has 0 unspecified atom stereocenters. The average Bonchev–Trinajstić information content (AvgIpc) is 2.93. The number of amides is 1. The van der Waals surface area contributed by atoms with Crippen LogP contribution in [0.3, 0.4) is 0 Å². The van der Waals surface area contributed by atoms with Gasteiger partial charge in [0.25, 0.3) is 0 Å². The van der Waals surface area contributed by atoms with Crippen LogP contribution in [0.1, 0.15) is 30.7 Å². The van der Waals surface area contributed by atoms with Gasteiger partial charge in [0.05, 0.1) is 6.54 Å². The standard InChI is InChI=1S/C16H27N3OS/c1-13(2)18(3)8-4-7-17-11-16(20)19-9-5-15-14(12-19)6-10-21-15/h6,10,13,17H,4-5,7-9,11-12H2,1-3H3. The maximum absolute atomic E-state index is 12.2. The van der Waals surface area contributed by atoms with E-state index < -0.39 is 0 Å². The molecule has 0 aliphatic carbocycles. The van der Waals surface area contributed by atoms with E-state index in [0.29, 0.717) is 12.6 Å². The predicted molar refractivity (Wildman–Crippen MR) is 88.7 cm³/mol. The van der Waals surface area contributed by atoms with Crippen LogP contribution >= 0.6 is 11.3 Å². The lowest BCUT2D eigenvalue weighted by atomic mass is 10.1. The van der Waals surface area contributed by atoms with Gasteiger partial charge in [0.1, 0.15) is 0 Å². The highest BCUT2D eigenvalue weighted by molar-refractivity contribution is 7.10. The highest BCUT2D eigenvalue weighted by Crippen LogP contribution is 2.23. The zero-order chi connectivity index (χ0) is 15.2. The van der Waals surface area contributed by atoms with Gasteiger partial charge in [0.2, 0.25) is 5.91 Å². The van der Waals surface area contributed by atoms with E-state index in [1.807, 2.05) is 16.2 Å². The Bertz CT molecular complexity index is 458. The summed E-state index contributed by atoms with van der Waals surface area (Å²) >= 11 is 1.81. The van der Waals surface area contributed by atoms with Crippen LogP contribution in [0, 0.1) is 0 Å². The van der Waals surface area contributed by atoms with E-state index in [0.717, 1.165) is 39.0 Å². The first kappa shape index (κ1) is 16.5. The third kappa shape index (κ3) is 4.80. The molecule has 0 radical (unpaired) electrons. The first-order valence-electron chi connectivity index (χ1n) is 7.82. The molecule has 1 aromatic rings. The Hall–Kier alpha value is -0.910. The van der Waals surface area contributed by atoms with E-state index in [9.17, 15) is 4.79 Å². The molecule has 0 saturated heterocycles. The molecule has 1 aromatic heterocycles. The number of fused-ring (bicyclic) bond motifs is 1. The topological polar surface area (TPSA) is 35.6 Å². The lowest BCUT2D eigenvalue weighted by Crippen LogP contribution is -2.41. The number of nitrogens with zero attached hydrogens (tertiary/aromatic N) is 2. The van der Waals surface area contributed by atoms with Crippen molar-refractivity contribution < 1.29 is 4.79 Å². The zero-order valence-corrected chi connectivity index (χ0v) is 14.2. The lowest BCUT2D eigenvalue weighted by Gasteiger charge is -2.27. The Morgan fingerprint density at radius 3 is 3.10 bits per heavy atom. The van der Waals surface area contributed by atoms with Gasteiger partial charge >= 0.3 is 0 Å². The summed E-state index contributed by atoms with van der Waals surface area (Å²) in [5.74, 6) is 0.226. The summed E-state index contributed by atoms with van der Waals surface area (Å²) in [4.78, 5) is 17.9. The highest BCUT2D eigenvalue weighted by Gasteiger charge is 2.20. The molecule has 0 bridgehead atoms. The third-order valence-electron chi connectivity index (χ3n) is 4.18. The smallest absolute Gasteiger partial charge is 0.236 e. The van der Waals surface area contributed by atoms with Crippen molar-refractivity contribution in [2.75, 3.05) is 33.2 Å². The summed E-state index contributed by atoms with van der Waals surface area (Å²) in [5.41, 5.74) is 1.33. The van der Waals surface area contributed by atoms with Crippen molar-refractivity contribution >= 4 is 17.2 Å². The molecule has 21 heavy (non-hydrogen) atoms. The quantitative estimate of drug-likeness (QED) is 0.782. The van der Waals surface area contributed by atoms with Crippen LogP contribution in [0.25, 0.3) is 0 Å². The molecular weight excluding hydrogens is 282 g/mol. The van der Waals surface area contributed by atoms with E-state index >= 15 is 0 Å². The molecule has 118 valence electrons. The summed E-state index contributed by atoms with van der Waals surface area (Å²) in [6, 6.07) is 2.73. The molecule has 0 atom stereocenters. The molecule has 0 saturated carbocycles. The number of rotatable bonds is 7. The van der Waals surface area contributed by atoms with Crippen molar-refractivity contribution in [1.29, 1.82) is 0 Å². The SMILES string of the molecule is CC(C)N(C)CCCNCC(=O)N1CCc2sccc2C1. The van der Waals surface area contributed by atoms with Gasteiger partial charge in [0, 0.05) is 24.0 Å². The number of carbonyl (C=O) groups is 1. The Morgan fingerprint density at radius 1 is 1.52 bits per heavy atom. The van der Waals surface area contributed by atoms with E-state index in [1.54, 1.807) is 0 Å². The fraction of sp³-hybridized carbons (Fsp3) is 0.688. The molecule has 0 spiro atoms. The van der Waals surface area contributed by atoms with Crippen molar-refractivity contribution in [3.63, 3.8) is 0 Å². The second kappa shape index (κ2) is 7.92. The molecule has 1 N–H and O–H groups in total. The average molecular weight is 309 g/mol. The van der Waals surface area contributed by atoms with Gasteiger partial charge in [-0.15, -0.1) is 11.3 Å². The van der Waals surface area contributed by atoms with E-state index in [2.05, 4.69) is 42.6 Å². The van der Waals surface area contributed by atoms with Crippen LogP contribution in [0.2, 0.25) is 0 Å². The largest absolute Gasteiger partial charge is 0.337 e. The highest BCUT2D eigenvalue weighted by atomic mass is 32.1. The minimum Gasteiger partial charge on any atom is -0.337 e. The number of carbonyl (C=O) groups excluding carboxylic acids is 1. The molecule has 0 aromatic carbocycles. The number of thiophene rings is 1. The van der Waals surface area contributed by atoms with Crippen molar-refractivity contribution in [3.05, 3.63) is 21.9 Å². The maximum atomic E-state index is 12.2. The fourth-order valence-corrected chi connectivity index (χ4v) is 3.37. The minimum atomic E-state index is 0.226. The minimum absolute atomic E-state index is 0.226. The zero-order valence-electron chi connectivity index (χ0n) is 13.4. The van der Waals surface area contributed by atoms with Gasteiger partial charge in [-0.2, -0.15) is 0 Å². The number of hydrogen-bond donors (Lipinski definition) is 1. The van der Waals surface area contributed by atoms with Gasteiger partial charge in [-0.25, -0.2) is 0 Å². The molecule has 2 rings (SSSR count). The summed E-state index contributed by atoms with van der Waals surface area (Å²) in [6.45, 7) is 8.49. The second-order valence-electron chi connectivity index (χ2n) is 6.04. The summed E-state index contributed by atoms with van der Waals surface area (Å²) in [7, 11) is 2.14. The summed E-state index contributed by atoms with van der Waals surface area (Å²) in [6.07, 6.45) is 2.09. The summed E-state index contributed by atoms with van der Waals surface area (Å²) < 4.78 is 0. The van der Waals surface area contributed by atoms with E-state index in [1.165, 1.54) is 10.4 Å². The predicted octanol–water partition coefficient (Wildman–Crippen LogP) is 1.95. The molecule has 1 aliphatic rings. The van der Waals surface area contributed by atoms with Crippen LogP contribution in [-0.4, -0.2) is 55.0 Å². The second-order valence-corrected chi connectivity index (χ2v) is 7.04. The van der Waals surface area contributed by atoms with Crippen LogP contribution in [-0.2, 0) is 17.8 Å². The Morgan fingerprint density at radius 2 is 2.33 bits per heavy atom. The molecule has 4 nitrogen and oxygen atoms in total. The van der Waals surface area contributed by atoms with Gasteiger partial charge in [-0.3, -0.25) is 4.79 Å². The van der Waals surface area contributed by atoms with Crippen molar-refractivity contribution in [3.8, 4) is 0 Å². The monoisotopic (exact) mass is 309 g/mol. The Balaban J connectivity index is 1.62. The first-order chi connectivity index (χ1) is 10.1. The molecular formula is C16H27N3OS. The number of nitrogens with one attached hydrogen (secondary N) is 1. The van der Waals surface area contributed by atoms with Crippen LogP contribution in [0.4, 0.5) is 0 Å². The molecule has 5 heteroatoms. The molecule has 0 fully saturated rings. The van der Waals surface area contributed by atoms with E-state index in [4.69, 9.17) is 0 Å². The summed E-state index contributed by atoms with van der Waals surface area (Å²) in [5, 5.41) is 5.41. The van der Waals surface area contributed by atoms with Gasteiger partial charge in [-0.05, 0) is 63.8 Å². The lowest BCUT2D eigenvalue weighted by molar-refractivity contribution is -0.131. The van der Waals surface area contributed by atoms with Crippen LogP contribution in [0.15, 0.2) is 11.4 Å². The fourth-order valence-electron chi connectivity index (χ4n) is 2.48. The first-order valence-corrected chi connectivity index (χ1v) is 8.70. The van der Waals surface area contributed by atoms with Crippen molar-refractivity contribution in [1.82, 2.24) is 15.1 Å². The van der Waals surface area contributed by atoms with Gasteiger partial charge in [0.15, 0.2) is 0 Å². The van der Waals surface area contributed by atoms with Gasteiger partial charge in [-0.1, -0.05) is 0 Å². The maximum Gasteiger partial charge on any atom is 0.236 e. The van der Waals surface area contributed by atoms with E-state index in [-0.39, 0.29) is 5.91 Å². The third-order valence-corrected chi connectivity index (χ3v) is 5.21. The Kier molecular flexibility index (Phi) is 6.21. The molecule has 1 amide bonds. The van der Waals surface area contributed by atoms with Crippen molar-refractivity contribution in [2.45, 2.75) is 39.3 Å². The normalized spacial score (nSPS) is 14.8. The Labute approximate surface area is 132 Å². The molecule has 1 aliphatic heterocycles. The van der Waals surface area contributed by atoms with Crippen molar-refractivity contribution in [2.24, 2.45) is 0 Å². The molecule has 2 heterocycles.